The third kappa shape index (κ3) is 2.90. The zero-order valence-electron chi connectivity index (χ0n) is 9.78. The highest BCUT2D eigenvalue weighted by molar-refractivity contribution is 7.11. The van der Waals surface area contributed by atoms with Gasteiger partial charge in [-0.3, -0.25) is 11.3 Å². The molecule has 0 fully saturated rings. The van der Waals surface area contributed by atoms with Crippen molar-refractivity contribution in [1.29, 1.82) is 0 Å². The summed E-state index contributed by atoms with van der Waals surface area (Å²) in [6, 6.07) is 3.71. The van der Waals surface area contributed by atoms with Crippen LogP contribution in [0.15, 0.2) is 24.4 Å². The number of rotatable bonds is 4. The van der Waals surface area contributed by atoms with Gasteiger partial charge in [0.05, 0.1) is 11.0 Å². The molecule has 0 spiro atoms. The van der Waals surface area contributed by atoms with Crippen molar-refractivity contribution in [3.05, 3.63) is 51.5 Å². The molecular formula is C12H13F2N3S. The molecule has 2 aromatic rings. The largest absolute Gasteiger partial charge is 0.271 e. The summed E-state index contributed by atoms with van der Waals surface area (Å²) in [6.07, 6.45) is 2.22. The maximum atomic E-state index is 13.1. The molecule has 1 aromatic carbocycles. The summed E-state index contributed by atoms with van der Waals surface area (Å²) in [6.45, 7) is 1.90. The van der Waals surface area contributed by atoms with Crippen molar-refractivity contribution in [2.45, 2.75) is 19.4 Å². The molecule has 6 heteroatoms. The fraction of sp³-hybridized carbons (Fsp3) is 0.250. The van der Waals surface area contributed by atoms with Gasteiger partial charge in [-0.1, -0.05) is 6.07 Å². The zero-order valence-corrected chi connectivity index (χ0v) is 10.6. The zero-order chi connectivity index (χ0) is 13.1. The highest BCUT2D eigenvalue weighted by Gasteiger charge is 2.14. The van der Waals surface area contributed by atoms with E-state index in [0.717, 1.165) is 16.0 Å². The Morgan fingerprint density at radius 2 is 2.17 bits per heavy atom. The smallest absolute Gasteiger partial charge is 0.159 e. The molecule has 1 atom stereocenters. The molecule has 0 saturated heterocycles. The molecule has 0 aliphatic rings. The third-order valence-electron chi connectivity index (χ3n) is 2.61. The van der Waals surface area contributed by atoms with E-state index < -0.39 is 11.6 Å². The van der Waals surface area contributed by atoms with Gasteiger partial charge in [-0.2, -0.15) is 0 Å². The molecule has 0 radical (unpaired) electrons. The van der Waals surface area contributed by atoms with Gasteiger partial charge in [0, 0.05) is 11.1 Å². The normalized spacial score (nSPS) is 12.7. The molecule has 1 heterocycles. The lowest BCUT2D eigenvalue weighted by Crippen LogP contribution is -2.29. The number of hydrogen-bond acceptors (Lipinski definition) is 4. The monoisotopic (exact) mass is 269 g/mol. The Bertz CT molecular complexity index is 542. The number of benzene rings is 1. The lowest BCUT2D eigenvalue weighted by atomic mass is 10.1. The van der Waals surface area contributed by atoms with Crippen molar-refractivity contribution < 1.29 is 8.78 Å². The van der Waals surface area contributed by atoms with Gasteiger partial charge < -0.3 is 0 Å². The van der Waals surface area contributed by atoms with Gasteiger partial charge in [0.15, 0.2) is 11.6 Å². The number of nitrogens with one attached hydrogen (secondary N) is 1. The second kappa shape index (κ2) is 5.51. The van der Waals surface area contributed by atoms with E-state index in [1.54, 1.807) is 12.3 Å². The number of halogens is 2. The number of thiazole rings is 1. The number of nitrogens with two attached hydrogens (primary N) is 1. The van der Waals surface area contributed by atoms with E-state index in [1.807, 2.05) is 6.92 Å². The minimum Gasteiger partial charge on any atom is -0.271 e. The van der Waals surface area contributed by atoms with Crippen LogP contribution in [0.1, 0.15) is 21.5 Å². The van der Waals surface area contributed by atoms with Crippen LogP contribution in [0.3, 0.4) is 0 Å². The maximum Gasteiger partial charge on any atom is 0.159 e. The van der Waals surface area contributed by atoms with Crippen LogP contribution >= 0.6 is 11.3 Å². The van der Waals surface area contributed by atoms with E-state index >= 15 is 0 Å². The molecule has 18 heavy (non-hydrogen) atoms. The number of aromatic nitrogens is 1. The van der Waals surface area contributed by atoms with Gasteiger partial charge in [-0.05, 0) is 31.0 Å². The van der Waals surface area contributed by atoms with Crippen LogP contribution in [0.2, 0.25) is 0 Å². The van der Waals surface area contributed by atoms with Gasteiger partial charge in [-0.15, -0.1) is 11.3 Å². The van der Waals surface area contributed by atoms with E-state index in [2.05, 4.69) is 10.4 Å². The van der Waals surface area contributed by atoms with E-state index in [-0.39, 0.29) is 6.04 Å². The van der Waals surface area contributed by atoms with Gasteiger partial charge in [0.1, 0.15) is 0 Å². The topological polar surface area (TPSA) is 50.9 Å². The van der Waals surface area contributed by atoms with Crippen LogP contribution in [0.4, 0.5) is 8.78 Å². The average Bonchev–Trinajstić information content (AvgIpc) is 2.77. The molecule has 96 valence electrons. The second-order valence-electron chi connectivity index (χ2n) is 3.95. The van der Waals surface area contributed by atoms with Crippen LogP contribution in [0.25, 0.3) is 0 Å². The fourth-order valence-electron chi connectivity index (χ4n) is 1.68. The maximum absolute atomic E-state index is 13.1. The Balaban J connectivity index is 2.17. The van der Waals surface area contributed by atoms with Crippen LogP contribution in [-0.4, -0.2) is 4.98 Å². The van der Waals surface area contributed by atoms with E-state index in [1.165, 1.54) is 17.4 Å². The first kappa shape index (κ1) is 13.1. The minimum atomic E-state index is -0.844. The first-order valence-electron chi connectivity index (χ1n) is 5.42. The summed E-state index contributed by atoms with van der Waals surface area (Å²) < 4.78 is 25.9. The molecule has 0 aliphatic heterocycles. The van der Waals surface area contributed by atoms with E-state index in [0.29, 0.717) is 12.0 Å². The Hall–Kier alpha value is -1.37. The molecule has 0 saturated carbocycles. The highest BCUT2D eigenvalue weighted by Crippen LogP contribution is 2.23. The van der Waals surface area contributed by atoms with Crippen molar-refractivity contribution in [3.63, 3.8) is 0 Å². The molecule has 1 unspecified atom stereocenters. The number of hydrogen-bond donors (Lipinski definition) is 2. The van der Waals surface area contributed by atoms with Gasteiger partial charge >= 0.3 is 0 Å². The van der Waals surface area contributed by atoms with Crippen molar-refractivity contribution >= 4 is 11.3 Å². The summed E-state index contributed by atoms with van der Waals surface area (Å²) in [4.78, 5) is 5.12. The number of hydrazine groups is 1. The summed E-state index contributed by atoms with van der Waals surface area (Å²) in [5, 5.41) is 0.940. The molecule has 3 N–H and O–H groups in total. The van der Waals surface area contributed by atoms with Crippen molar-refractivity contribution in [1.82, 2.24) is 10.4 Å². The van der Waals surface area contributed by atoms with Gasteiger partial charge in [0.2, 0.25) is 0 Å². The van der Waals surface area contributed by atoms with E-state index in [9.17, 15) is 8.78 Å². The van der Waals surface area contributed by atoms with Crippen LogP contribution in [0, 0.1) is 18.6 Å². The predicted octanol–water partition coefficient (Wildman–Crippen LogP) is 2.48. The fourth-order valence-corrected chi connectivity index (χ4v) is 2.53. The average molecular weight is 269 g/mol. The number of aryl methyl sites for hydroxylation is 1. The quantitative estimate of drug-likeness (QED) is 0.662. The summed E-state index contributed by atoms with van der Waals surface area (Å²) in [7, 11) is 0. The summed E-state index contributed by atoms with van der Waals surface area (Å²) in [5.74, 6) is 3.80. The molecule has 2 rings (SSSR count). The number of nitrogens with zero attached hydrogens (tertiary/aromatic N) is 1. The highest BCUT2D eigenvalue weighted by atomic mass is 32.1. The molecule has 0 aliphatic carbocycles. The summed E-state index contributed by atoms with van der Waals surface area (Å²) >= 11 is 1.53. The standard InChI is InChI=1S/C12H13F2N3S/c1-7-16-6-12(18-7)11(17-15)5-8-2-3-9(13)10(14)4-8/h2-4,6,11,17H,5,15H2,1H3. The van der Waals surface area contributed by atoms with Gasteiger partial charge in [-0.25, -0.2) is 13.8 Å². The lowest BCUT2D eigenvalue weighted by molar-refractivity contribution is 0.503. The predicted molar refractivity (Wildman–Crippen MR) is 67.0 cm³/mol. The molecule has 0 amide bonds. The van der Waals surface area contributed by atoms with Gasteiger partial charge in [0.25, 0.3) is 0 Å². The molecule has 0 bridgehead atoms. The Kier molecular flexibility index (Phi) is 4.00. The lowest BCUT2D eigenvalue weighted by Gasteiger charge is -2.13. The molecular weight excluding hydrogens is 256 g/mol. The molecule has 3 nitrogen and oxygen atoms in total. The summed E-state index contributed by atoms with van der Waals surface area (Å²) in [5.41, 5.74) is 3.35. The van der Waals surface area contributed by atoms with E-state index in [4.69, 9.17) is 5.84 Å². The van der Waals surface area contributed by atoms with Crippen molar-refractivity contribution in [2.24, 2.45) is 5.84 Å². The van der Waals surface area contributed by atoms with Crippen LogP contribution < -0.4 is 11.3 Å². The van der Waals surface area contributed by atoms with Crippen LogP contribution in [0.5, 0.6) is 0 Å². The van der Waals surface area contributed by atoms with Crippen molar-refractivity contribution in [2.75, 3.05) is 0 Å². The first-order valence-corrected chi connectivity index (χ1v) is 6.24. The Morgan fingerprint density at radius 3 is 2.72 bits per heavy atom. The van der Waals surface area contributed by atoms with Crippen molar-refractivity contribution in [3.8, 4) is 0 Å². The SMILES string of the molecule is Cc1ncc(C(Cc2ccc(F)c(F)c2)NN)s1. The minimum absolute atomic E-state index is 0.152. The second-order valence-corrected chi connectivity index (χ2v) is 5.22. The Morgan fingerprint density at radius 1 is 1.39 bits per heavy atom. The first-order chi connectivity index (χ1) is 8.60. The van der Waals surface area contributed by atoms with Crippen LogP contribution in [-0.2, 0) is 6.42 Å². The molecule has 1 aromatic heterocycles. The third-order valence-corrected chi connectivity index (χ3v) is 3.63. The Labute approximate surface area is 108 Å².